The zero-order valence-electron chi connectivity index (χ0n) is 22.5. The first-order valence-corrected chi connectivity index (χ1v) is 14.3. The Morgan fingerprint density at radius 1 is 0.538 bits per heavy atom. The maximum absolute atomic E-state index is 11.7. The second kappa shape index (κ2) is 14.2. The zero-order valence-corrected chi connectivity index (χ0v) is 22.5. The molecule has 2 aliphatic carbocycles. The van der Waals surface area contributed by atoms with E-state index >= 15 is 0 Å². The molecule has 208 valence electrons. The molecule has 39 heavy (non-hydrogen) atoms. The molecule has 0 amide bonds. The van der Waals surface area contributed by atoms with E-state index in [-0.39, 0.29) is 6.04 Å². The summed E-state index contributed by atoms with van der Waals surface area (Å²) in [5.41, 5.74) is 3.03. The van der Waals surface area contributed by atoms with E-state index in [1.807, 2.05) is 91.0 Å². The number of ether oxygens (including phenoxy) is 3. The first-order chi connectivity index (χ1) is 19.2. The van der Waals surface area contributed by atoms with Crippen molar-refractivity contribution in [3.8, 4) is 0 Å². The van der Waals surface area contributed by atoms with Gasteiger partial charge >= 0.3 is 0 Å². The monoisotopic (exact) mass is 531 g/mol. The Balaban J connectivity index is 1.40. The molecule has 6 nitrogen and oxygen atoms in total. The number of aliphatic hydroxyl groups is 2. The van der Waals surface area contributed by atoms with Gasteiger partial charge in [0, 0.05) is 6.04 Å². The van der Waals surface area contributed by atoms with Gasteiger partial charge in [-0.1, -0.05) is 110 Å². The average molecular weight is 532 g/mol. The smallest absolute Gasteiger partial charge is 0.115 e. The van der Waals surface area contributed by atoms with Gasteiger partial charge in [-0.25, -0.2) is 0 Å². The fourth-order valence-electron chi connectivity index (χ4n) is 5.80. The minimum atomic E-state index is -0.969. The molecule has 0 heterocycles. The van der Waals surface area contributed by atoms with Crippen LogP contribution in [0.5, 0.6) is 0 Å². The van der Waals surface area contributed by atoms with Crippen LogP contribution in [0.15, 0.2) is 91.0 Å². The molecule has 2 fully saturated rings. The summed E-state index contributed by atoms with van der Waals surface area (Å²) in [6.07, 6.45) is 1.61. The highest BCUT2D eigenvalue weighted by molar-refractivity contribution is 5.16. The van der Waals surface area contributed by atoms with Gasteiger partial charge in [0.2, 0.25) is 0 Å². The summed E-state index contributed by atoms with van der Waals surface area (Å²) in [5, 5.41) is 27.0. The van der Waals surface area contributed by atoms with Crippen molar-refractivity contribution in [3.05, 3.63) is 108 Å². The van der Waals surface area contributed by atoms with Crippen LogP contribution in [-0.4, -0.2) is 52.8 Å². The summed E-state index contributed by atoms with van der Waals surface area (Å²) in [4.78, 5) is 0. The van der Waals surface area contributed by atoms with E-state index in [1.165, 1.54) is 6.42 Å². The quantitative estimate of drug-likeness (QED) is 0.331. The molecule has 3 aromatic carbocycles. The summed E-state index contributed by atoms with van der Waals surface area (Å²) in [6, 6.07) is 29.4. The van der Waals surface area contributed by atoms with Gasteiger partial charge < -0.3 is 29.7 Å². The molecular formula is C33H41NO5. The molecule has 2 saturated carbocycles. The van der Waals surface area contributed by atoms with Crippen LogP contribution >= 0.6 is 0 Å². The molecule has 0 saturated heterocycles. The van der Waals surface area contributed by atoms with E-state index in [2.05, 4.69) is 5.32 Å². The van der Waals surface area contributed by atoms with Crippen LogP contribution < -0.4 is 5.32 Å². The van der Waals surface area contributed by atoms with Gasteiger partial charge in [-0.3, -0.25) is 0 Å². The molecule has 3 N–H and O–H groups in total. The maximum atomic E-state index is 11.7. The van der Waals surface area contributed by atoms with Crippen LogP contribution in [0.3, 0.4) is 0 Å². The van der Waals surface area contributed by atoms with Gasteiger partial charge in [0.05, 0.1) is 25.9 Å². The van der Waals surface area contributed by atoms with Crippen molar-refractivity contribution >= 4 is 0 Å². The minimum absolute atomic E-state index is 0.249. The third-order valence-corrected chi connectivity index (χ3v) is 7.95. The Labute approximate surface area is 231 Å². The number of benzene rings is 3. The predicted molar refractivity (Wildman–Crippen MR) is 151 cm³/mol. The van der Waals surface area contributed by atoms with Crippen LogP contribution in [0.1, 0.15) is 48.8 Å². The van der Waals surface area contributed by atoms with Crippen LogP contribution in [0.2, 0.25) is 0 Å². The minimum Gasteiger partial charge on any atom is -0.389 e. The number of hydrogen-bond acceptors (Lipinski definition) is 6. The van der Waals surface area contributed by atoms with Crippen molar-refractivity contribution in [1.29, 1.82) is 0 Å². The van der Waals surface area contributed by atoms with Gasteiger partial charge in [-0.05, 0) is 29.5 Å². The van der Waals surface area contributed by atoms with Crippen LogP contribution in [0.4, 0.5) is 0 Å². The number of aliphatic hydroxyl groups excluding tert-OH is 2. The average Bonchev–Trinajstić information content (AvgIpc) is 2.99. The lowest BCUT2D eigenvalue weighted by Crippen LogP contribution is -2.70. The van der Waals surface area contributed by atoms with Gasteiger partial charge in [0.1, 0.15) is 30.5 Å². The maximum Gasteiger partial charge on any atom is 0.115 e. The standard InChI is InChI=1S/C33H41NO5/c35-29-28(34-27-19-11-4-12-20-27)30(36)32(38-22-25-15-7-2-8-16-25)33(39-23-26-17-9-3-10-18-26)31(29)37-21-24-13-5-1-6-14-24/h1-3,5-10,13-18,27-36H,4,11-12,19-23H2/t28?,29-,30+,31+,32-,33?. The van der Waals surface area contributed by atoms with Crippen molar-refractivity contribution in [2.45, 2.75) is 94.5 Å². The summed E-state index contributed by atoms with van der Waals surface area (Å²) >= 11 is 0. The van der Waals surface area contributed by atoms with Gasteiger partial charge in [0.15, 0.2) is 0 Å². The predicted octanol–water partition coefficient (Wildman–Crippen LogP) is 4.77. The molecule has 0 aromatic heterocycles. The van der Waals surface area contributed by atoms with Gasteiger partial charge in [-0.15, -0.1) is 0 Å². The Kier molecular flexibility index (Phi) is 10.2. The number of nitrogens with one attached hydrogen (secondary N) is 1. The molecular weight excluding hydrogens is 490 g/mol. The molecule has 2 aliphatic rings. The molecule has 0 bridgehead atoms. The summed E-state index contributed by atoms with van der Waals surface area (Å²) in [7, 11) is 0. The molecule has 3 aromatic rings. The molecule has 5 rings (SSSR count). The van der Waals surface area contributed by atoms with E-state index in [9.17, 15) is 10.2 Å². The lowest BCUT2D eigenvalue weighted by Gasteiger charge is -2.48. The van der Waals surface area contributed by atoms with E-state index in [1.54, 1.807) is 0 Å². The highest BCUT2D eigenvalue weighted by atomic mass is 16.6. The summed E-state index contributed by atoms with van der Waals surface area (Å²) in [6.45, 7) is 0.971. The zero-order chi connectivity index (χ0) is 26.9. The van der Waals surface area contributed by atoms with Crippen molar-refractivity contribution in [1.82, 2.24) is 5.32 Å². The summed E-state index contributed by atoms with van der Waals surface area (Å²) in [5.74, 6) is 0. The van der Waals surface area contributed by atoms with Crippen LogP contribution in [0.25, 0.3) is 0 Å². The van der Waals surface area contributed by atoms with Crippen molar-refractivity contribution in [2.24, 2.45) is 0 Å². The summed E-state index contributed by atoms with van der Waals surface area (Å²) < 4.78 is 19.3. The normalized spacial score (nSPS) is 27.8. The van der Waals surface area contributed by atoms with Gasteiger partial charge in [0.25, 0.3) is 0 Å². The largest absolute Gasteiger partial charge is 0.389 e. The first kappa shape index (κ1) is 28.0. The second-order valence-electron chi connectivity index (χ2n) is 10.8. The highest BCUT2D eigenvalue weighted by Crippen LogP contribution is 2.32. The Bertz CT molecular complexity index is 1040. The molecule has 6 atom stereocenters. The van der Waals surface area contributed by atoms with Crippen molar-refractivity contribution < 1.29 is 24.4 Å². The SMILES string of the molecule is O[C@@H]1C(NC2CCCCC2)[C@H](O)[C@@H](OCc2ccccc2)C(OCc2ccccc2)[C@H]1OCc1ccccc1. The second-order valence-corrected chi connectivity index (χ2v) is 10.8. The van der Waals surface area contributed by atoms with Crippen molar-refractivity contribution in [2.75, 3.05) is 0 Å². The fourth-order valence-corrected chi connectivity index (χ4v) is 5.80. The third kappa shape index (κ3) is 7.54. The molecule has 0 spiro atoms. The van der Waals surface area contributed by atoms with E-state index in [0.29, 0.717) is 19.8 Å². The van der Waals surface area contributed by atoms with Gasteiger partial charge in [-0.2, -0.15) is 0 Å². The topological polar surface area (TPSA) is 80.2 Å². The molecule has 6 heteroatoms. The number of rotatable bonds is 11. The Morgan fingerprint density at radius 3 is 1.33 bits per heavy atom. The van der Waals surface area contributed by atoms with Crippen molar-refractivity contribution in [3.63, 3.8) is 0 Å². The Hall–Kier alpha value is -2.58. The molecule has 0 radical (unpaired) electrons. The van der Waals surface area contributed by atoms with Crippen LogP contribution in [0, 0.1) is 0 Å². The van der Waals surface area contributed by atoms with E-state index in [0.717, 1.165) is 42.4 Å². The fraction of sp³-hybridized carbons (Fsp3) is 0.455. The third-order valence-electron chi connectivity index (χ3n) is 7.95. The number of hydrogen-bond donors (Lipinski definition) is 3. The van der Waals surface area contributed by atoms with E-state index in [4.69, 9.17) is 14.2 Å². The Morgan fingerprint density at radius 2 is 0.923 bits per heavy atom. The molecule has 0 aliphatic heterocycles. The molecule has 2 unspecified atom stereocenters. The van der Waals surface area contributed by atoms with Crippen LogP contribution in [-0.2, 0) is 34.0 Å². The highest BCUT2D eigenvalue weighted by Gasteiger charge is 2.52. The lowest BCUT2D eigenvalue weighted by molar-refractivity contribution is -0.241. The first-order valence-electron chi connectivity index (χ1n) is 14.3. The lowest BCUT2D eigenvalue weighted by atomic mass is 9.81. The van der Waals surface area contributed by atoms with E-state index < -0.39 is 36.6 Å².